The maximum absolute atomic E-state index is 13.1. The number of hydrogen-bond donors (Lipinski definition) is 2. The zero-order chi connectivity index (χ0) is 10.3. The number of aromatic hydroxyl groups is 1. The number of carbonyl (C=O) groups is 1. The molecule has 1 aromatic rings. The van der Waals surface area contributed by atoms with E-state index in [-0.39, 0.29) is 17.0 Å². The van der Waals surface area contributed by atoms with E-state index in [2.05, 4.69) is 0 Å². The van der Waals surface area contributed by atoms with Crippen LogP contribution in [0.1, 0.15) is 28.8 Å². The lowest BCUT2D eigenvalue weighted by Gasteiger charge is -2.17. The fraction of sp³-hybridized carbons (Fsp3) is 0.300. The van der Waals surface area contributed by atoms with Gasteiger partial charge < -0.3 is 10.8 Å². The molecule has 0 radical (unpaired) electrons. The maximum Gasteiger partial charge on any atom is 0.166 e. The number of halogens is 1. The summed E-state index contributed by atoms with van der Waals surface area (Å²) in [7, 11) is 0. The molecule has 0 fully saturated rings. The Hall–Kier alpha value is -1.58. The van der Waals surface area contributed by atoms with Gasteiger partial charge in [-0.25, -0.2) is 4.39 Å². The summed E-state index contributed by atoms with van der Waals surface area (Å²) < 4.78 is 13.1. The third-order valence-corrected chi connectivity index (χ3v) is 2.50. The van der Waals surface area contributed by atoms with Crippen LogP contribution in [0.2, 0.25) is 0 Å². The molecule has 0 bridgehead atoms. The zero-order valence-corrected chi connectivity index (χ0v) is 7.51. The van der Waals surface area contributed by atoms with E-state index in [4.69, 9.17) is 5.73 Å². The molecule has 2 rings (SSSR count). The second-order valence-corrected chi connectivity index (χ2v) is 3.43. The van der Waals surface area contributed by atoms with Crippen molar-refractivity contribution in [2.24, 2.45) is 0 Å². The molecule has 1 aromatic carbocycles. The summed E-state index contributed by atoms with van der Waals surface area (Å²) in [4.78, 5) is 11.4. The summed E-state index contributed by atoms with van der Waals surface area (Å²) in [6, 6.07) is 1.24. The first-order valence-corrected chi connectivity index (χ1v) is 4.44. The Morgan fingerprint density at radius 3 is 2.86 bits per heavy atom. The van der Waals surface area contributed by atoms with Crippen LogP contribution in [0.4, 0.5) is 10.1 Å². The van der Waals surface area contributed by atoms with Gasteiger partial charge in [-0.15, -0.1) is 0 Å². The molecule has 0 spiro atoms. The molecule has 3 N–H and O–H groups in total. The number of nitrogens with two attached hydrogens (primary N) is 1. The second-order valence-electron chi connectivity index (χ2n) is 3.43. The molecule has 0 aliphatic heterocycles. The Balaban J connectivity index is 2.70. The fourth-order valence-corrected chi connectivity index (χ4v) is 1.78. The van der Waals surface area contributed by atoms with Crippen LogP contribution in [0.15, 0.2) is 6.07 Å². The van der Waals surface area contributed by atoms with Crippen molar-refractivity contribution in [3.05, 3.63) is 23.0 Å². The van der Waals surface area contributed by atoms with Gasteiger partial charge in [-0.3, -0.25) is 4.79 Å². The van der Waals surface area contributed by atoms with Gasteiger partial charge in [0.05, 0.1) is 5.56 Å². The Bertz CT molecular complexity index is 415. The van der Waals surface area contributed by atoms with E-state index >= 15 is 0 Å². The molecule has 0 saturated heterocycles. The van der Waals surface area contributed by atoms with Gasteiger partial charge >= 0.3 is 0 Å². The number of fused-ring (bicyclic) bond motifs is 1. The highest BCUT2D eigenvalue weighted by molar-refractivity contribution is 6.02. The number of phenols is 1. The molecule has 14 heavy (non-hydrogen) atoms. The Morgan fingerprint density at radius 2 is 2.14 bits per heavy atom. The predicted octanol–water partition coefficient (Wildman–Crippen LogP) is 1.63. The number of anilines is 1. The Morgan fingerprint density at radius 1 is 1.43 bits per heavy atom. The Kier molecular flexibility index (Phi) is 1.91. The summed E-state index contributed by atoms with van der Waals surface area (Å²) in [5.41, 5.74) is 5.72. The van der Waals surface area contributed by atoms with Crippen LogP contribution in [0.3, 0.4) is 0 Å². The minimum atomic E-state index is -0.657. The zero-order valence-electron chi connectivity index (χ0n) is 7.51. The van der Waals surface area contributed by atoms with Crippen molar-refractivity contribution < 1.29 is 14.3 Å². The lowest BCUT2D eigenvalue weighted by Crippen LogP contribution is -2.12. The van der Waals surface area contributed by atoms with E-state index in [1.807, 2.05) is 0 Å². The minimum Gasteiger partial charge on any atom is -0.505 e. The van der Waals surface area contributed by atoms with E-state index in [0.29, 0.717) is 24.8 Å². The van der Waals surface area contributed by atoms with Crippen molar-refractivity contribution in [1.29, 1.82) is 0 Å². The smallest absolute Gasteiger partial charge is 0.166 e. The summed E-state index contributed by atoms with van der Waals surface area (Å²) in [5, 5.41) is 9.51. The predicted molar refractivity (Wildman–Crippen MR) is 49.7 cm³/mol. The first kappa shape index (κ1) is 8.99. The van der Waals surface area contributed by atoms with E-state index in [1.165, 1.54) is 6.07 Å². The minimum absolute atomic E-state index is 0.157. The average Bonchev–Trinajstić information content (AvgIpc) is 2.14. The van der Waals surface area contributed by atoms with Crippen LogP contribution in [-0.2, 0) is 6.42 Å². The molecule has 0 heterocycles. The average molecular weight is 195 g/mol. The summed E-state index contributed by atoms with van der Waals surface area (Å²) in [6.45, 7) is 0. The number of carbonyl (C=O) groups excluding carboxylic acids is 1. The van der Waals surface area contributed by atoms with Crippen molar-refractivity contribution in [2.45, 2.75) is 19.3 Å². The molecule has 0 atom stereocenters. The van der Waals surface area contributed by atoms with Gasteiger partial charge in [0.2, 0.25) is 0 Å². The van der Waals surface area contributed by atoms with Crippen molar-refractivity contribution >= 4 is 11.5 Å². The SMILES string of the molecule is Nc1c(F)cc2c(c1O)C(=O)CCC2. The molecule has 74 valence electrons. The number of ketones is 1. The van der Waals surface area contributed by atoms with Crippen LogP contribution in [0.25, 0.3) is 0 Å². The first-order valence-electron chi connectivity index (χ1n) is 4.44. The van der Waals surface area contributed by atoms with E-state index in [9.17, 15) is 14.3 Å². The number of phenolic OH excluding ortho intramolecular Hbond substituents is 1. The van der Waals surface area contributed by atoms with Crippen molar-refractivity contribution in [2.75, 3.05) is 5.73 Å². The highest BCUT2D eigenvalue weighted by Crippen LogP contribution is 2.35. The van der Waals surface area contributed by atoms with Crippen LogP contribution in [-0.4, -0.2) is 10.9 Å². The molecular weight excluding hydrogens is 185 g/mol. The molecule has 0 saturated carbocycles. The van der Waals surface area contributed by atoms with Gasteiger partial charge in [-0.1, -0.05) is 0 Å². The number of rotatable bonds is 0. The lowest BCUT2D eigenvalue weighted by molar-refractivity contribution is 0.0969. The number of nitrogen functional groups attached to an aromatic ring is 1. The molecule has 0 amide bonds. The Labute approximate surface area is 80.3 Å². The third-order valence-electron chi connectivity index (χ3n) is 2.50. The van der Waals surface area contributed by atoms with Gasteiger partial charge in [0.1, 0.15) is 11.5 Å². The highest BCUT2D eigenvalue weighted by atomic mass is 19.1. The molecule has 3 nitrogen and oxygen atoms in total. The molecule has 4 heteroatoms. The first-order chi connectivity index (χ1) is 6.61. The van der Waals surface area contributed by atoms with Crippen LogP contribution < -0.4 is 5.73 Å². The molecule has 0 aromatic heterocycles. The van der Waals surface area contributed by atoms with Gasteiger partial charge in [0.15, 0.2) is 11.5 Å². The van der Waals surface area contributed by atoms with Gasteiger partial charge in [0.25, 0.3) is 0 Å². The molecular formula is C10H10FNO2. The van der Waals surface area contributed by atoms with Crippen LogP contribution >= 0.6 is 0 Å². The van der Waals surface area contributed by atoms with E-state index < -0.39 is 11.6 Å². The summed E-state index contributed by atoms with van der Waals surface area (Å²) in [5.74, 6) is -1.21. The normalized spacial score (nSPS) is 15.4. The van der Waals surface area contributed by atoms with E-state index in [1.54, 1.807) is 0 Å². The highest BCUT2D eigenvalue weighted by Gasteiger charge is 2.24. The number of hydrogen-bond acceptors (Lipinski definition) is 3. The topological polar surface area (TPSA) is 63.3 Å². The van der Waals surface area contributed by atoms with Crippen molar-refractivity contribution in [3.63, 3.8) is 0 Å². The third kappa shape index (κ3) is 1.14. The van der Waals surface area contributed by atoms with Gasteiger partial charge in [-0.05, 0) is 24.5 Å². The maximum atomic E-state index is 13.1. The molecule has 1 aliphatic rings. The quantitative estimate of drug-likeness (QED) is 0.488. The monoisotopic (exact) mass is 195 g/mol. The number of benzene rings is 1. The largest absolute Gasteiger partial charge is 0.505 e. The standard InChI is InChI=1S/C10H10FNO2/c11-6-4-5-2-1-3-7(13)8(5)10(14)9(6)12/h4,14H,1-3,12H2. The van der Waals surface area contributed by atoms with Crippen LogP contribution in [0.5, 0.6) is 5.75 Å². The van der Waals surface area contributed by atoms with Gasteiger partial charge in [0, 0.05) is 6.42 Å². The van der Waals surface area contributed by atoms with Crippen molar-refractivity contribution in [3.8, 4) is 5.75 Å². The lowest BCUT2D eigenvalue weighted by atomic mass is 9.89. The second kappa shape index (κ2) is 2.97. The summed E-state index contributed by atoms with van der Waals surface area (Å²) >= 11 is 0. The van der Waals surface area contributed by atoms with Gasteiger partial charge in [-0.2, -0.15) is 0 Å². The van der Waals surface area contributed by atoms with E-state index in [0.717, 1.165) is 0 Å². The molecule has 1 aliphatic carbocycles. The van der Waals surface area contributed by atoms with Crippen LogP contribution in [0, 0.1) is 5.82 Å². The summed E-state index contributed by atoms with van der Waals surface area (Å²) in [6.07, 6.45) is 1.71. The molecule has 0 unspecified atom stereocenters. The number of aryl methyl sites for hydroxylation is 1. The number of Topliss-reactive ketones (excluding diaryl/α,β-unsaturated/α-hetero) is 1. The fourth-order valence-electron chi connectivity index (χ4n) is 1.78. The van der Waals surface area contributed by atoms with Crippen molar-refractivity contribution in [1.82, 2.24) is 0 Å².